The quantitative estimate of drug-likeness (QED) is 0.864. The summed E-state index contributed by atoms with van der Waals surface area (Å²) in [7, 11) is 0. The zero-order valence-electron chi connectivity index (χ0n) is 10.6. The van der Waals surface area contributed by atoms with Crippen LogP contribution in [0.25, 0.3) is 0 Å². The molecule has 0 bridgehead atoms. The van der Waals surface area contributed by atoms with E-state index in [1.54, 1.807) is 10.3 Å². The second-order valence-corrected chi connectivity index (χ2v) is 5.65. The molecule has 4 nitrogen and oxygen atoms in total. The van der Waals surface area contributed by atoms with E-state index in [4.69, 9.17) is 0 Å². The summed E-state index contributed by atoms with van der Waals surface area (Å²) >= 11 is 1.03. The Morgan fingerprint density at radius 2 is 2.21 bits per heavy atom. The number of rotatable bonds is 1. The zero-order chi connectivity index (χ0) is 13.4. The van der Waals surface area contributed by atoms with Crippen LogP contribution in [0.3, 0.4) is 0 Å². The predicted octanol–water partition coefficient (Wildman–Crippen LogP) is 1.94. The van der Waals surface area contributed by atoms with Crippen LogP contribution >= 0.6 is 11.3 Å². The Morgan fingerprint density at radius 1 is 1.37 bits per heavy atom. The molecule has 98 valence electrons. The van der Waals surface area contributed by atoms with Crippen molar-refractivity contribution >= 4 is 17.2 Å². The van der Waals surface area contributed by atoms with Crippen molar-refractivity contribution in [3.8, 4) is 0 Å². The van der Waals surface area contributed by atoms with Gasteiger partial charge in [-0.15, -0.1) is 0 Å². The Labute approximate surface area is 114 Å². The first kappa shape index (κ1) is 12.2. The van der Waals surface area contributed by atoms with Crippen LogP contribution in [-0.2, 0) is 13.0 Å². The average molecular weight is 274 g/mol. The molecular formula is C14H14N2O2S. The molecule has 0 fully saturated rings. The van der Waals surface area contributed by atoms with E-state index in [0.29, 0.717) is 18.8 Å². The second kappa shape index (κ2) is 4.66. The van der Waals surface area contributed by atoms with Crippen LogP contribution in [0.5, 0.6) is 0 Å². The summed E-state index contributed by atoms with van der Waals surface area (Å²) in [6, 6.07) is 6.34. The fraction of sp³-hybridized carbons (Fsp3) is 0.286. The number of hydrogen-bond donors (Lipinski definition) is 1. The molecule has 19 heavy (non-hydrogen) atoms. The topological polar surface area (TPSA) is 53.2 Å². The maximum absolute atomic E-state index is 12.3. The molecule has 0 aliphatic carbocycles. The van der Waals surface area contributed by atoms with Gasteiger partial charge in [-0.1, -0.05) is 35.1 Å². The number of aromatic amines is 1. The maximum atomic E-state index is 12.3. The third-order valence-electron chi connectivity index (χ3n) is 3.41. The Hall–Kier alpha value is -1.88. The molecule has 0 saturated carbocycles. The summed E-state index contributed by atoms with van der Waals surface area (Å²) in [6.07, 6.45) is 0.872. The number of carbonyl (C=O) groups excluding carboxylic acids is 1. The number of hydrogen-bond acceptors (Lipinski definition) is 3. The molecule has 1 aromatic heterocycles. The van der Waals surface area contributed by atoms with Gasteiger partial charge in [-0.25, -0.2) is 0 Å². The fourth-order valence-corrected chi connectivity index (χ4v) is 2.96. The van der Waals surface area contributed by atoms with Gasteiger partial charge in [0.05, 0.1) is 0 Å². The highest BCUT2D eigenvalue weighted by Gasteiger charge is 2.22. The molecule has 0 spiro atoms. The molecular weight excluding hydrogens is 260 g/mol. The van der Waals surface area contributed by atoms with Crippen LogP contribution in [0.2, 0.25) is 0 Å². The Kier molecular flexibility index (Phi) is 2.98. The van der Waals surface area contributed by atoms with Gasteiger partial charge in [-0.2, -0.15) is 0 Å². The molecule has 1 aromatic carbocycles. The van der Waals surface area contributed by atoms with Crippen LogP contribution in [0, 0.1) is 6.92 Å². The fourth-order valence-electron chi connectivity index (χ4n) is 2.41. The zero-order valence-corrected chi connectivity index (χ0v) is 11.4. The van der Waals surface area contributed by atoms with Crippen molar-refractivity contribution in [1.29, 1.82) is 0 Å². The largest absolute Gasteiger partial charge is 0.333 e. The van der Waals surface area contributed by atoms with Crippen LogP contribution in [0.4, 0.5) is 0 Å². The van der Waals surface area contributed by atoms with Crippen LogP contribution in [0.15, 0.2) is 28.4 Å². The van der Waals surface area contributed by atoms with E-state index in [1.807, 2.05) is 0 Å². The minimum Gasteiger partial charge on any atom is -0.333 e. The first-order valence-corrected chi connectivity index (χ1v) is 7.07. The Balaban J connectivity index is 1.84. The normalized spacial score (nSPS) is 14.3. The molecule has 0 radical (unpaired) electrons. The molecule has 0 atom stereocenters. The summed E-state index contributed by atoms with van der Waals surface area (Å²) in [5.41, 5.74) is 4.16. The SMILES string of the molecule is Cc1ccc2c(c1)CCN(C(=O)c1csc(=O)[nH]1)C2. The lowest BCUT2D eigenvalue weighted by Crippen LogP contribution is -2.36. The number of amides is 1. The van der Waals surface area contributed by atoms with Crippen molar-refractivity contribution in [3.05, 3.63) is 55.6 Å². The van der Waals surface area contributed by atoms with Crippen molar-refractivity contribution in [1.82, 2.24) is 9.88 Å². The molecule has 0 unspecified atom stereocenters. The lowest BCUT2D eigenvalue weighted by Gasteiger charge is -2.28. The summed E-state index contributed by atoms with van der Waals surface area (Å²) in [4.78, 5) is 27.5. The third kappa shape index (κ3) is 2.33. The lowest BCUT2D eigenvalue weighted by molar-refractivity contribution is 0.0729. The smallest absolute Gasteiger partial charge is 0.305 e. The lowest BCUT2D eigenvalue weighted by atomic mass is 9.97. The standard InChI is InChI=1S/C14H14N2O2S/c1-9-2-3-11-7-16(5-4-10(11)6-9)13(17)12-8-19-14(18)15-12/h2-3,6,8H,4-5,7H2,1H3,(H,15,18). The van der Waals surface area contributed by atoms with Crippen molar-refractivity contribution in [2.45, 2.75) is 19.9 Å². The van der Waals surface area contributed by atoms with Gasteiger partial charge in [-0.3, -0.25) is 9.59 Å². The number of nitrogens with one attached hydrogen (secondary N) is 1. The molecule has 2 heterocycles. The third-order valence-corrected chi connectivity index (χ3v) is 4.08. The molecule has 1 aliphatic heterocycles. The van der Waals surface area contributed by atoms with Crippen LogP contribution < -0.4 is 4.87 Å². The van der Waals surface area contributed by atoms with Gasteiger partial charge in [-0.05, 0) is 24.5 Å². The number of aryl methyl sites for hydroxylation is 1. The second-order valence-electron chi connectivity index (χ2n) is 4.81. The van der Waals surface area contributed by atoms with Crippen LogP contribution in [0.1, 0.15) is 27.2 Å². The molecule has 1 aliphatic rings. The summed E-state index contributed by atoms with van der Waals surface area (Å²) in [5.74, 6) is -0.0930. The molecule has 1 amide bonds. The number of thiazole rings is 1. The minimum atomic E-state index is -0.184. The number of nitrogens with zero attached hydrogens (tertiary/aromatic N) is 1. The van der Waals surface area contributed by atoms with Gasteiger partial charge < -0.3 is 9.88 Å². The Morgan fingerprint density at radius 3 is 2.95 bits per heavy atom. The number of fused-ring (bicyclic) bond motifs is 1. The average Bonchev–Trinajstić information content (AvgIpc) is 2.84. The van der Waals surface area contributed by atoms with Crippen molar-refractivity contribution in [2.75, 3.05) is 6.54 Å². The first-order valence-electron chi connectivity index (χ1n) is 6.19. The highest BCUT2D eigenvalue weighted by molar-refractivity contribution is 7.07. The summed E-state index contributed by atoms with van der Waals surface area (Å²) in [5, 5.41) is 1.59. The van der Waals surface area contributed by atoms with E-state index in [-0.39, 0.29) is 10.8 Å². The molecule has 1 N–H and O–H groups in total. The summed E-state index contributed by atoms with van der Waals surface area (Å²) in [6.45, 7) is 3.40. The van der Waals surface area contributed by atoms with E-state index in [2.05, 4.69) is 30.1 Å². The van der Waals surface area contributed by atoms with Gasteiger partial charge in [0, 0.05) is 18.5 Å². The van der Waals surface area contributed by atoms with Gasteiger partial charge in [0.25, 0.3) is 5.91 Å². The highest BCUT2D eigenvalue weighted by Crippen LogP contribution is 2.21. The highest BCUT2D eigenvalue weighted by atomic mass is 32.1. The number of H-pyrrole nitrogens is 1. The van der Waals surface area contributed by atoms with E-state index in [9.17, 15) is 9.59 Å². The predicted molar refractivity (Wildman–Crippen MR) is 74.6 cm³/mol. The van der Waals surface area contributed by atoms with Gasteiger partial charge in [0.2, 0.25) is 0 Å². The van der Waals surface area contributed by atoms with E-state index < -0.39 is 0 Å². The van der Waals surface area contributed by atoms with Crippen molar-refractivity contribution < 1.29 is 4.79 Å². The van der Waals surface area contributed by atoms with Crippen molar-refractivity contribution in [3.63, 3.8) is 0 Å². The van der Waals surface area contributed by atoms with E-state index >= 15 is 0 Å². The van der Waals surface area contributed by atoms with E-state index in [1.165, 1.54) is 16.7 Å². The van der Waals surface area contributed by atoms with E-state index in [0.717, 1.165) is 17.8 Å². The number of aromatic nitrogens is 1. The molecule has 3 rings (SSSR count). The van der Waals surface area contributed by atoms with Gasteiger partial charge >= 0.3 is 4.87 Å². The number of benzene rings is 1. The molecule has 0 saturated heterocycles. The van der Waals surface area contributed by atoms with Gasteiger partial charge in [0.1, 0.15) is 5.69 Å². The first-order chi connectivity index (χ1) is 9.13. The van der Waals surface area contributed by atoms with Crippen LogP contribution in [-0.4, -0.2) is 22.3 Å². The van der Waals surface area contributed by atoms with Crippen molar-refractivity contribution in [2.24, 2.45) is 0 Å². The number of carbonyl (C=O) groups is 1. The molecule has 2 aromatic rings. The Bertz CT molecular complexity index is 687. The maximum Gasteiger partial charge on any atom is 0.305 e. The minimum absolute atomic E-state index is 0.0930. The summed E-state index contributed by atoms with van der Waals surface area (Å²) < 4.78 is 0. The molecule has 5 heteroatoms. The monoisotopic (exact) mass is 274 g/mol. The van der Waals surface area contributed by atoms with Gasteiger partial charge in [0.15, 0.2) is 0 Å².